The molecule has 0 saturated carbocycles. The molecule has 0 amide bonds. The van der Waals surface area contributed by atoms with Gasteiger partial charge < -0.3 is 0 Å². The van der Waals surface area contributed by atoms with E-state index in [1.54, 1.807) is 17.9 Å². The molecule has 24 heavy (non-hydrogen) atoms. The smallest absolute Gasteiger partial charge is 0.278 e. The van der Waals surface area contributed by atoms with Gasteiger partial charge >= 0.3 is 17.6 Å². The summed E-state index contributed by atoms with van der Waals surface area (Å²) in [5.41, 5.74) is 4.00. The second kappa shape index (κ2) is 6.08. The molecule has 1 N–H and O–H groups in total. The fourth-order valence-corrected chi connectivity index (χ4v) is 2.47. The van der Waals surface area contributed by atoms with Crippen LogP contribution in [0.15, 0.2) is 36.7 Å². The van der Waals surface area contributed by atoms with Gasteiger partial charge in [0, 0.05) is 0 Å². The molecular formula is C15H15F3N5O+. The minimum atomic E-state index is -4.65. The predicted octanol–water partition coefficient (Wildman–Crippen LogP) is 2.30. The summed E-state index contributed by atoms with van der Waals surface area (Å²) >= 11 is 0. The number of hydrogen-bond donors (Lipinski definition) is 1. The van der Waals surface area contributed by atoms with Gasteiger partial charge in [-0.1, -0.05) is 35.3 Å². The van der Waals surface area contributed by atoms with Crippen LogP contribution in [0, 0.1) is 0 Å². The molecular weight excluding hydrogens is 323 g/mol. The highest BCUT2D eigenvalue weighted by Crippen LogP contribution is 2.29. The molecule has 0 spiro atoms. The molecule has 3 aromatic rings. The van der Waals surface area contributed by atoms with Crippen molar-refractivity contribution >= 4 is 17.0 Å². The van der Waals surface area contributed by atoms with Crippen molar-refractivity contribution in [3.63, 3.8) is 0 Å². The number of imidazole rings is 1. The Labute approximate surface area is 135 Å². The van der Waals surface area contributed by atoms with Crippen LogP contribution in [0.4, 0.5) is 19.0 Å². The highest BCUT2D eigenvalue weighted by Gasteiger charge is 2.40. The third kappa shape index (κ3) is 3.02. The number of nitrogens with one attached hydrogen (secondary N) is 1. The topological polar surface area (TPSA) is 55.9 Å². The van der Waals surface area contributed by atoms with Crippen LogP contribution < -0.4 is 10.0 Å². The Hall–Kier alpha value is -2.68. The van der Waals surface area contributed by atoms with E-state index in [1.807, 2.05) is 30.3 Å². The molecule has 0 bridgehead atoms. The van der Waals surface area contributed by atoms with Crippen LogP contribution >= 0.6 is 0 Å². The number of aromatic nitrogens is 4. The summed E-state index contributed by atoms with van der Waals surface area (Å²) in [6, 6.07) is 9.55. The molecule has 1 aromatic carbocycles. The number of fused-ring (bicyclic) bond motifs is 1. The van der Waals surface area contributed by atoms with Crippen LogP contribution in [0.1, 0.15) is 11.4 Å². The van der Waals surface area contributed by atoms with Crippen molar-refractivity contribution in [2.75, 3.05) is 12.6 Å². The van der Waals surface area contributed by atoms with Crippen LogP contribution in [0.25, 0.3) is 11.2 Å². The number of rotatable bonds is 4. The first-order valence-corrected chi connectivity index (χ1v) is 7.07. The van der Waals surface area contributed by atoms with E-state index in [2.05, 4.69) is 15.4 Å². The Kier molecular flexibility index (Phi) is 4.10. The molecule has 0 atom stereocenters. The molecule has 3 rings (SSSR count). The van der Waals surface area contributed by atoms with Gasteiger partial charge in [0.05, 0.1) is 20.7 Å². The lowest BCUT2D eigenvalue weighted by Crippen LogP contribution is -2.27. The summed E-state index contributed by atoms with van der Waals surface area (Å²) in [6.45, 7) is 0.464. The molecule has 6 nitrogen and oxygen atoms in total. The second-order valence-corrected chi connectivity index (χ2v) is 5.21. The lowest BCUT2D eigenvalue weighted by atomic mass is 10.2. The highest BCUT2D eigenvalue weighted by atomic mass is 19.4. The monoisotopic (exact) mass is 338 g/mol. The summed E-state index contributed by atoms with van der Waals surface area (Å²) in [4.78, 5) is 12.0. The lowest BCUT2D eigenvalue weighted by Gasteiger charge is -2.07. The third-order valence-electron chi connectivity index (χ3n) is 3.45. The summed E-state index contributed by atoms with van der Waals surface area (Å²) in [7, 11) is 2.94. The van der Waals surface area contributed by atoms with E-state index in [-0.39, 0.29) is 11.5 Å². The summed E-state index contributed by atoms with van der Waals surface area (Å²) in [5.74, 6) is -1.26. The van der Waals surface area contributed by atoms with Gasteiger partial charge in [0.2, 0.25) is 5.52 Å². The molecule has 9 heteroatoms. The first kappa shape index (κ1) is 16.2. The zero-order chi connectivity index (χ0) is 17.3. The van der Waals surface area contributed by atoms with Gasteiger partial charge in [-0.15, -0.1) is 0 Å². The lowest BCUT2D eigenvalue weighted by molar-refractivity contribution is -0.647. The van der Waals surface area contributed by atoms with Crippen LogP contribution in [0.2, 0.25) is 0 Å². The second-order valence-electron chi connectivity index (χ2n) is 5.21. The molecule has 0 saturated heterocycles. The van der Waals surface area contributed by atoms with E-state index in [4.69, 9.17) is 4.84 Å². The molecule has 0 unspecified atom stereocenters. The van der Waals surface area contributed by atoms with Gasteiger partial charge in [-0.2, -0.15) is 18.2 Å². The van der Waals surface area contributed by atoms with Gasteiger partial charge in [0.1, 0.15) is 0 Å². The minimum absolute atomic E-state index is 0.0358. The van der Waals surface area contributed by atoms with E-state index in [0.717, 1.165) is 5.56 Å². The summed E-state index contributed by atoms with van der Waals surface area (Å²) < 4.78 is 42.3. The quantitative estimate of drug-likeness (QED) is 0.586. The Bertz CT molecular complexity index is 861. The van der Waals surface area contributed by atoms with Crippen molar-refractivity contribution in [1.82, 2.24) is 14.5 Å². The van der Waals surface area contributed by atoms with Crippen LogP contribution in [-0.4, -0.2) is 21.6 Å². The van der Waals surface area contributed by atoms with Crippen molar-refractivity contribution in [2.24, 2.45) is 7.05 Å². The van der Waals surface area contributed by atoms with E-state index in [1.165, 1.54) is 11.7 Å². The first-order chi connectivity index (χ1) is 11.4. The molecule has 2 heterocycles. The van der Waals surface area contributed by atoms with Crippen LogP contribution in [0.5, 0.6) is 0 Å². The number of nitrogens with zero attached hydrogens (tertiary/aromatic N) is 4. The normalized spacial score (nSPS) is 11.9. The summed E-state index contributed by atoms with van der Waals surface area (Å²) in [5, 5.41) is 0. The average molecular weight is 338 g/mol. The maximum absolute atomic E-state index is 13.0. The van der Waals surface area contributed by atoms with Crippen LogP contribution in [-0.2, 0) is 24.6 Å². The zero-order valence-electron chi connectivity index (χ0n) is 13.0. The number of benzene rings is 1. The molecule has 0 aliphatic carbocycles. The molecule has 0 aliphatic rings. The van der Waals surface area contributed by atoms with Gasteiger partial charge in [-0.25, -0.2) is 10.0 Å². The molecule has 0 radical (unpaired) electrons. The Balaban J connectivity index is 2.18. The summed E-state index contributed by atoms with van der Waals surface area (Å²) in [6.07, 6.45) is -2.97. The number of hydrogen-bond acceptors (Lipinski definition) is 4. The largest absolute Gasteiger partial charge is 0.468 e. The SMILES string of the molecule is CONc1nc(C(F)(F)F)nc2c1n(Cc1ccccc1)c[n+]2C. The van der Waals surface area contributed by atoms with E-state index in [0.29, 0.717) is 12.1 Å². The first-order valence-electron chi connectivity index (χ1n) is 7.07. The molecule has 0 aliphatic heterocycles. The standard InChI is InChI=1S/C15H15F3N5O/c1-22-9-23(8-10-6-4-3-5-7-10)11-12(21-24-2)19-14(15(16,17)18)20-13(11)22/h3-7,9H,8H2,1-2H3,(H,19,20,21)/q+1. The number of halogens is 3. The fraction of sp³-hybridized carbons (Fsp3) is 0.267. The van der Waals surface area contributed by atoms with Gasteiger partial charge in [0.25, 0.3) is 0 Å². The zero-order valence-corrected chi connectivity index (χ0v) is 13.0. The maximum Gasteiger partial charge on any atom is 0.468 e. The molecule has 2 aromatic heterocycles. The number of alkyl halides is 3. The third-order valence-corrected chi connectivity index (χ3v) is 3.45. The Morgan fingerprint density at radius 3 is 2.54 bits per heavy atom. The van der Waals surface area contributed by atoms with Gasteiger partial charge in [-0.05, 0) is 5.56 Å². The minimum Gasteiger partial charge on any atom is -0.278 e. The van der Waals surface area contributed by atoms with Crippen molar-refractivity contribution in [1.29, 1.82) is 0 Å². The average Bonchev–Trinajstić information content (AvgIpc) is 2.84. The van der Waals surface area contributed by atoms with Crippen molar-refractivity contribution < 1.29 is 22.6 Å². The van der Waals surface area contributed by atoms with Gasteiger partial charge in [0.15, 0.2) is 12.1 Å². The highest BCUT2D eigenvalue weighted by molar-refractivity contribution is 5.80. The van der Waals surface area contributed by atoms with Crippen molar-refractivity contribution in [3.8, 4) is 0 Å². The Morgan fingerprint density at radius 1 is 1.21 bits per heavy atom. The van der Waals surface area contributed by atoms with E-state index >= 15 is 0 Å². The maximum atomic E-state index is 13.0. The van der Waals surface area contributed by atoms with Crippen molar-refractivity contribution in [2.45, 2.75) is 12.7 Å². The van der Waals surface area contributed by atoms with E-state index < -0.39 is 12.0 Å². The number of anilines is 1. The van der Waals surface area contributed by atoms with Crippen molar-refractivity contribution in [3.05, 3.63) is 48.0 Å². The van der Waals surface area contributed by atoms with Gasteiger partial charge in [-0.3, -0.25) is 9.40 Å². The fourth-order valence-electron chi connectivity index (χ4n) is 2.47. The molecule has 0 fully saturated rings. The molecule has 126 valence electrons. The Morgan fingerprint density at radius 2 is 1.92 bits per heavy atom. The predicted molar refractivity (Wildman–Crippen MR) is 79.9 cm³/mol. The number of aryl methyl sites for hydroxylation is 1. The van der Waals surface area contributed by atoms with E-state index in [9.17, 15) is 13.2 Å². The van der Waals surface area contributed by atoms with Crippen LogP contribution in [0.3, 0.4) is 0 Å².